The van der Waals surface area contributed by atoms with E-state index in [4.69, 9.17) is 0 Å². The quantitative estimate of drug-likeness (QED) is 0.792. The van der Waals surface area contributed by atoms with E-state index in [0.717, 1.165) is 24.9 Å². The molecule has 6 heteroatoms. The molecular weight excluding hydrogens is 290 g/mol. The highest BCUT2D eigenvalue weighted by atomic mass is 16.2. The lowest BCUT2D eigenvalue weighted by Gasteiger charge is -2.22. The first-order chi connectivity index (χ1) is 11.3. The Labute approximate surface area is 136 Å². The number of aryl methyl sites for hydroxylation is 1. The van der Waals surface area contributed by atoms with Crippen LogP contribution in [0.25, 0.3) is 0 Å². The van der Waals surface area contributed by atoms with Gasteiger partial charge >= 0.3 is 0 Å². The van der Waals surface area contributed by atoms with Gasteiger partial charge in [0.2, 0.25) is 0 Å². The predicted molar refractivity (Wildman–Crippen MR) is 89.8 cm³/mol. The molecule has 0 radical (unpaired) electrons. The van der Waals surface area contributed by atoms with Crippen molar-refractivity contribution in [2.75, 3.05) is 5.32 Å². The van der Waals surface area contributed by atoms with Gasteiger partial charge in [-0.3, -0.25) is 4.79 Å². The predicted octanol–water partition coefficient (Wildman–Crippen LogP) is 3.17. The summed E-state index contributed by atoms with van der Waals surface area (Å²) < 4.78 is 0. The molecule has 1 heterocycles. The summed E-state index contributed by atoms with van der Waals surface area (Å²) in [4.78, 5) is 12.4. The van der Waals surface area contributed by atoms with Crippen LogP contribution in [-0.4, -0.2) is 27.4 Å². The van der Waals surface area contributed by atoms with E-state index >= 15 is 0 Å². The molecule has 23 heavy (non-hydrogen) atoms. The second kappa shape index (κ2) is 7.26. The van der Waals surface area contributed by atoms with Gasteiger partial charge in [-0.15, -0.1) is 10.2 Å². The number of carbonyl (C=O) groups is 1. The molecule has 0 unspecified atom stereocenters. The van der Waals surface area contributed by atoms with Crippen LogP contribution in [0.2, 0.25) is 0 Å². The van der Waals surface area contributed by atoms with Gasteiger partial charge in [-0.1, -0.05) is 38.3 Å². The van der Waals surface area contributed by atoms with Gasteiger partial charge in [-0.05, 0) is 37.0 Å². The van der Waals surface area contributed by atoms with Gasteiger partial charge in [0.1, 0.15) is 0 Å². The number of aromatic nitrogens is 3. The van der Waals surface area contributed by atoms with E-state index in [2.05, 4.69) is 45.1 Å². The molecule has 0 atom stereocenters. The van der Waals surface area contributed by atoms with Crippen LogP contribution >= 0.6 is 0 Å². The van der Waals surface area contributed by atoms with E-state index in [-0.39, 0.29) is 11.9 Å². The minimum Gasteiger partial charge on any atom is -0.348 e. The number of hydrogen-bond donors (Lipinski definition) is 3. The Hall–Kier alpha value is -2.37. The summed E-state index contributed by atoms with van der Waals surface area (Å²) in [6.07, 6.45) is 6.71. The average Bonchev–Trinajstić information content (AvgIpc) is 3.05. The van der Waals surface area contributed by atoms with Crippen LogP contribution in [0.1, 0.15) is 55.1 Å². The van der Waals surface area contributed by atoms with Crippen LogP contribution in [0, 0.1) is 0 Å². The van der Waals surface area contributed by atoms with Crippen LogP contribution in [0.3, 0.4) is 0 Å². The molecule has 1 aliphatic rings. The number of nitrogens with one attached hydrogen (secondary N) is 3. The zero-order chi connectivity index (χ0) is 16.1. The summed E-state index contributed by atoms with van der Waals surface area (Å²) >= 11 is 0. The van der Waals surface area contributed by atoms with Crippen molar-refractivity contribution in [1.29, 1.82) is 0 Å². The fraction of sp³-hybridized carbons (Fsp3) is 0.471. The van der Waals surface area contributed by atoms with Gasteiger partial charge in [0, 0.05) is 11.7 Å². The summed E-state index contributed by atoms with van der Waals surface area (Å²) in [7, 11) is 0. The number of H-pyrrole nitrogens is 1. The normalized spacial score (nSPS) is 15.3. The summed E-state index contributed by atoms with van der Waals surface area (Å²) in [6.45, 7) is 2.12. The van der Waals surface area contributed by atoms with Crippen molar-refractivity contribution in [3.8, 4) is 0 Å². The van der Waals surface area contributed by atoms with Gasteiger partial charge < -0.3 is 10.6 Å². The summed E-state index contributed by atoms with van der Waals surface area (Å²) in [5, 5.41) is 16.8. The molecule has 1 fully saturated rings. The van der Waals surface area contributed by atoms with Crippen molar-refractivity contribution in [3.05, 3.63) is 35.5 Å². The van der Waals surface area contributed by atoms with Crippen molar-refractivity contribution in [1.82, 2.24) is 20.7 Å². The molecule has 1 saturated carbocycles. The number of amides is 1. The lowest BCUT2D eigenvalue weighted by molar-refractivity contribution is 0.0923. The first-order valence-corrected chi connectivity index (χ1v) is 8.34. The highest BCUT2D eigenvalue weighted by Crippen LogP contribution is 2.20. The molecule has 122 valence electrons. The molecule has 0 spiro atoms. The summed E-state index contributed by atoms with van der Waals surface area (Å²) in [5.74, 6) is 0.292. The zero-order valence-electron chi connectivity index (χ0n) is 13.4. The van der Waals surface area contributed by atoms with Crippen LogP contribution < -0.4 is 10.6 Å². The topological polar surface area (TPSA) is 82.7 Å². The van der Waals surface area contributed by atoms with E-state index in [1.54, 1.807) is 0 Å². The van der Waals surface area contributed by atoms with E-state index in [1.807, 2.05) is 12.1 Å². The fourth-order valence-electron chi connectivity index (χ4n) is 2.94. The first-order valence-electron chi connectivity index (χ1n) is 8.34. The number of rotatable bonds is 5. The molecule has 0 bridgehead atoms. The van der Waals surface area contributed by atoms with Crippen LogP contribution in [0.4, 0.5) is 11.5 Å². The molecule has 6 nitrogen and oxygen atoms in total. The first kappa shape index (κ1) is 15.5. The van der Waals surface area contributed by atoms with Gasteiger partial charge in [-0.2, -0.15) is 5.21 Å². The van der Waals surface area contributed by atoms with Crippen molar-refractivity contribution in [2.45, 2.75) is 51.5 Å². The largest absolute Gasteiger partial charge is 0.348 e. The summed E-state index contributed by atoms with van der Waals surface area (Å²) in [5.41, 5.74) is 2.48. The Morgan fingerprint density at radius 3 is 2.61 bits per heavy atom. The van der Waals surface area contributed by atoms with Gasteiger partial charge in [0.15, 0.2) is 11.5 Å². The molecular formula is C17H23N5O. The molecule has 1 aliphatic carbocycles. The zero-order valence-corrected chi connectivity index (χ0v) is 13.4. The minimum atomic E-state index is -0.168. The fourth-order valence-corrected chi connectivity index (χ4v) is 2.94. The van der Waals surface area contributed by atoms with Crippen LogP contribution in [0.5, 0.6) is 0 Å². The number of aromatic amines is 1. The Morgan fingerprint density at radius 1 is 1.17 bits per heavy atom. The van der Waals surface area contributed by atoms with E-state index < -0.39 is 0 Å². The molecule has 3 N–H and O–H groups in total. The standard InChI is InChI=1S/C17H23N5O/c1-2-12-8-10-14(11-9-12)18-16-15(20-22-21-16)17(23)19-13-6-4-3-5-7-13/h8-11,13H,2-7H2,1H3,(H,19,23)(H2,18,20,21,22). The molecule has 3 rings (SSSR count). The lowest BCUT2D eigenvalue weighted by atomic mass is 9.95. The van der Waals surface area contributed by atoms with E-state index in [1.165, 1.54) is 24.8 Å². The SMILES string of the molecule is CCc1ccc(Nc2n[nH]nc2C(=O)NC2CCCCC2)cc1. The third-order valence-corrected chi connectivity index (χ3v) is 4.33. The number of nitrogens with zero attached hydrogens (tertiary/aromatic N) is 2. The lowest BCUT2D eigenvalue weighted by Crippen LogP contribution is -2.36. The third-order valence-electron chi connectivity index (χ3n) is 4.33. The molecule has 1 amide bonds. The number of benzene rings is 1. The number of hydrogen-bond acceptors (Lipinski definition) is 4. The molecule has 0 saturated heterocycles. The maximum atomic E-state index is 12.4. The Bertz CT molecular complexity index is 643. The second-order valence-electron chi connectivity index (χ2n) is 6.00. The maximum Gasteiger partial charge on any atom is 0.275 e. The highest BCUT2D eigenvalue weighted by molar-refractivity contribution is 5.97. The molecule has 1 aromatic carbocycles. The molecule has 0 aliphatic heterocycles. The minimum absolute atomic E-state index is 0.168. The maximum absolute atomic E-state index is 12.4. The molecule has 1 aromatic heterocycles. The Morgan fingerprint density at radius 2 is 1.91 bits per heavy atom. The average molecular weight is 313 g/mol. The van der Waals surface area contributed by atoms with Gasteiger partial charge in [0.05, 0.1) is 0 Å². The highest BCUT2D eigenvalue weighted by Gasteiger charge is 2.21. The Kier molecular flexibility index (Phi) is 4.90. The Balaban J connectivity index is 1.66. The van der Waals surface area contributed by atoms with Gasteiger partial charge in [0.25, 0.3) is 5.91 Å². The van der Waals surface area contributed by atoms with E-state index in [9.17, 15) is 4.79 Å². The second-order valence-corrected chi connectivity index (χ2v) is 6.00. The smallest absolute Gasteiger partial charge is 0.275 e. The number of anilines is 2. The van der Waals surface area contributed by atoms with Crippen LogP contribution in [-0.2, 0) is 6.42 Å². The van der Waals surface area contributed by atoms with Gasteiger partial charge in [-0.25, -0.2) is 0 Å². The van der Waals surface area contributed by atoms with E-state index in [0.29, 0.717) is 11.5 Å². The molecule has 2 aromatic rings. The summed E-state index contributed by atoms with van der Waals surface area (Å²) in [6, 6.07) is 8.34. The van der Waals surface area contributed by atoms with Crippen molar-refractivity contribution < 1.29 is 4.79 Å². The van der Waals surface area contributed by atoms with Crippen LogP contribution in [0.15, 0.2) is 24.3 Å². The third kappa shape index (κ3) is 3.88. The van der Waals surface area contributed by atoms with Crippen molar-refractivity contribution >= 4 is 17.4 Å². The van der Waals surface area contributed by atoms with Crippen molar-refractivity contribution in [2.24, 2.45) is 0 Å². The monoisotopic (exact) mass is 313 g/mol. The van der Waals surface area contributed by atoms with Crippen molar-refractivity contribution in [3.63, 3.8) is 0 Å². The number of carbonyl (C=O) groups excluding carboxylic acids is 1.